The van der Waals surface area contributed by atoms with Crippen molar-refractivity contribution in [2.24, 2.45) is 0 Å². The molecule has 0 aromatic rings. The molecule has 0 rings (SSSR count). The minimum absolute atomic E-state index is 0.179. The molecule has 2 unspecified atom stereocenters. The Balaban J connectivity index is 4.22. The first kappa shape index (κ1) is 69.0. The number of likely N-dealkylation sites (N-methyl/N-ethyl adjacent to an activating group) is 1. The summed E-state index contributed by atoms with van der Waals surface area (Å²) < 4.78 is 22.8. The minimum Gasteiger partial charge on any atom is -0.477 e. The van der Waals surface area contributed by atoms with Gasteiger partial charge in [-0.3, -0.25) is 9.59 Å². The molecule has 1 N–H and O–H groups in total. The molecule has 9 nitrogen and oxygen atoms in total. The van der Waals surface area contributed by atoms with E-state index >= 15 is 0 Å². The molecule has 0 aliphatic rings. The minimum atomic E-state index is -1.52. The molecule has 0 bridgehead atoms. The Kier molecular flexibility index (Phi) is 51.2. The van der Waals surface area contributed by atoms with Crippen molar-refractivity contribution >= 4 is 17.9 Å². The van der Waals surface area contributed by atoms with Gasteiger partial charge in [-0.05, 0) is 96.3 Å². The number of hydrogen-bond donors (Lipinski definition) is 1. The van der Waals surface area contributed by atoms with Gasteiger partial charge in [-0.15, -0.1) is 0 Å². The highest BCUT2D eigenvalue weighted by atomic mass is 16.7. The van der Waals surface area contributed by atoms with Crippen LogP contribution in [0.2, 0.25) is 0 Å². The van der Waals surface area contributed by atoms with Crippen LogP contribution < -0.4 is 0 Å². The topological polar surface area (TPSA) is 108 Å². The lowest BCUT2D eigenvalue weighted by Crippen LogP contribution is -2.40. The highest BCUT2D eigenvalue weighted by Crippen LogP contribution is 2.16. The van der Waals surface area contributed by atoms with Crippen LogP contribution in [0.15, 0.2) is 109 Å². The molecule has 0 aliphatic carbocycles. The van der Waals surface area contributed by atoms with Crippen LogP contribution in [0, 0.1) is 0 Å². The number of ether oxygens (including phenoxy) is 4. The second-order valence-electron chi connectivity index (χ2n) is 20.2. The number of unbranched alkanes of at least 4 members (excludes halogenated alkanes) is 19. The molecule has 0 spiro atoms. The number of carboxylic acids is 1. The molecular weight excluding hydrogens is 911 g/mol. The van der Waals surface area contributed by atoms with E-state index in [4.69, 9.17) is 18.9 Å². The quantitative estimate of drug-likeness (QED) is 0.0211. The maximum absolute atomic E-state index is 12.9. The Hall–Kier alpha value is -4.05. The van der Waals surface area contributed by atoms with Gasteiger partial charge in [0.05, 0.1) is 34.4 Å². The van der Waals surface area contributed by atoms with Gasteiger partial charge in [-0.2, -0.15) is 0 Å². The molecule has 0 fully saturated rings. The maximum Gasteiger partial charge on any atom is 0.361 e. The predicted octanol–water partition coefficient (Wildman–Crippen LogP) is 17.1. The SMILES string of the molecule is CC/C=C\C/C=C\C/C=C\C/C=C\C/C=C\CCCCCCCCCCCCCCCCCC(=O)OC(COC(=O)CCCCCC/C=C\C/C=C\C/C=C\C/C=C\CC)COC(OCC[N+](C)(C)C)C(=O)O. The van der Waals surface area contributed by atoms with Gasteiger partial charge < -0.3 is 28.5 Å². The second-order valence-corrected chi connectivity index (χ2v) is 20.2. The molecule has 0 aliphatic heterocycles. The fourth-order valence-corrected chi connectivity index (χ4v) is 7.62. The largest absolute Gasteiger partial charge is 0.477 e. The van der Waals surface area contributed by atoms with Crippen LogP contribution in [0.1, 0.15) is 219 Å². The van der Waals surface area contributed by atoms with E-state index in [0.717, 1.165) is 103 Å². The lowest BCUT2D eigenvalue weighted by atomic mass is 10.0. The average molecular weight is 1020 g/mol. The summed E-state index contributed by atoms with van der Waals surface area (Å²) in [5, 5.41) is 9.70. The predicted molar refractivity (Wildman–Crippen MR) is 308 cm³/mol. The van der Waals surface area contributed by atoms with Gasteiger partial charge >= 0.3 is 17.9 Å². The van der Waals surface area contributed by atoms with E-state index in [1.807, 2.05) is 21.1 Å². The second kappa shape index (κ2) is 54.2. The van der Waals surface area contributed by atoms with E-state index in [1.165, 1.54) is 77.0 Å². The molecular formula is C64H108NO8+. The summed E-state index contributed by atoms with van der Waals surface area (Å²) >= 11 is 0. The van der Waals surface area contributed by atoms with Gasteiger partial charge in [0.1, 0.15) is 13.2 Å². The van der Waals surface area contributed by atoms with Crippen LogP contribution in [-0.4, -0.2) is 87.4 Å². The van der Waals surface area contributed by atoms with E-state index in [2.05, 4.69) is 123 Å². The number of rotatable bonds is 52. The van der Waals surface area contributed by atoms with Crippen LogP contribution in [0.25, 0.3) is 0 Å². The zero-order valence-electron chi connectivity index (χ0n) is 47.3. The highest BCUT2D eigenvalue weighted by molar-refractivity contribution is 5.71. The van der Waals surface area contributed by atoms with Crippen LogP contribution in [-0.2, 0) is 33.3 Å². The van der Waals surface area contributed by atoms with E-state index in [-0.39, 0.29) is 38.6 Å². The molecule has 0 saturated carbocycles. The molecule has 0 amide bonds. The molecule has 0 saturated heterocycles. The van der Waals surface area contributed by atoms with Gasteiger partial charge in [0.15, 0.2) is 6.10 Å². The summed E-state index contributed by atoms with van der Waals surface area (Å²) in [4.78, 5) is 37.4. The van der Waals surface area contributed by atoms with Gasteiger partial charge in [0, 0.05) is 12.8 Å². The van der Waals surface area contributed by atoms with E-state index < -0.39 is 24.3 Å². The Bertz CT molecular complexity index is 1560. The summed E-state index contributed by atoms with van der Waals surface area (Å²) in [6, 6.07) is 0. The van der Waals surface area contributed by atoms with Crippen molar-refractivity contribution in [1.29, 1.82) is 0 Å². The fourth-order valence-electron chi connectivity index (χ4n) is 7.62. The van der Waals surface area contributed by atoms with E-state index in [1.54, 1.807) is 0 Å². The van der Waals surface area contributed by atoms with Crippen molar-refractivity contribution < 1.29 is 42.9 Å². The van der Waals surface area contributed by atoms with Gasteiger partial charge in [-0.25, -0.2) is 4.79 Å². The number of hydrogen-bond acceptors (Lipinski definition) is 7. The van der Waals surface area contributed by atoms with E-state index in [9.17, 15) is 19.5 Å². The van der Waals surface area contributed by atoms with Gasteiger partial charge in [0.25, 0.3) is 6.29 Å². The van der Waals surface area contributed by atoms with Gasteiger partial charge in [-0.1, -0.05) is 220 Å². The molecule has 416 valence electrons. The van der Waals surface area contributed by atoms with Crippen molar-refractivity contribution in [2.75, 3.05) is 47.5 Å². The van der Waals surface area contributed by atoms with Crippen molar-refractivity contribution in [2.45, 2.75) is 232 Å². The maximum atomic E-state index is 12.9. The third-order valence-electron chi connectivity index (χ3n) is 12.0. The molecule has 0 aromatic carbocycles. The third-order valence-corrected chi connectivity index (χ3v) is 12.0. The van der Waals surface area contributed by atoms with Crippen LogP contribution in [0.4, 0.5) is 0 Å². The summed E-state index contributed by atoms with van der Waals surface area (Å²) in [6.07, 6.45) is 71.7. The lowest BCUT2D eigenvalue weighted by molar-refractivity contribution is -0.870. The number of carboxylic acid groups (broad SMARTS) is 1. The monoisotopic (exact) mass is 1020 g/mol. The summed E-state index contributed by atoms with van der Waals surface area (Å²) in [5.74, 6) is -2.04. The first-order valence-electron chi connectivity index (χ1n) is 29.1. The summed E-state index contributed by atoms with van der Waals surface area (Å²) in [6.45, 7) is 4.61. The average Bonchev–Trinajstić information content (AvgIpc) is 3.36. The molecule has 2 atom stereocenters. The van der Waals surface area contributed by atoms with Crippen molar-refractivity contribution in [3.05, 3.63) is 109 Å². The fraction of sp³-hybridized carbons (Fsp3) is 0.672. The molecule has 0 aromatic heterocycles. The zero-order valence-corrected chi connectivity index (χ0v) is 47.3. The third kappa shape index (κ3) is 55.5. The molecule has 0 radical (unpaired) electrons. The van der Waals surface area contributed by atoms with Crippen molar-refractivity contribution in [3.63, 3.8) is 0 Å². The van der Waals surface area contributed by atoms with Crippen molar-refractivity contribution in [3.8, 4) is 0 Å². The first-order valence-corrected chi connectivity index (χ1v) is 29.1. The summed E-state index contributed by atoms with van der Waals surface area (Å²) in [5.41, 5.74) is 0. The van der Waals surface area contributed by atoms with Crippen molar-refractivity contribution in [1.82, 2.24) is 0 Å². The molecule has 9 heteroatoms. The standard InChI is InChI=1S/C64H107NO8/c1-6-8-10-12-14-16-18-20-22-24-25-26-27-28-29-30-31-32-33-34-35-36-37-39-41-43-45-47-49-51-53-55-62(67)73-60(59-72-64(63(68)69)70-57-56-65(3,4)5)58-71-61(66)54-52-50-48-46-44-42-40-38-23-21-19-17-15-13-11-9-7-2/h8-11,14-17,20-23,25-26,28-29,40,42,60,64H,6-7,12-13,18-19,24,27,30-39,41,43-59H2,1-5H3/p+1/b10-8-,11-9-,16-14-,17-15-,22-20-,23-21-,26-25-,29-28-,42-40-. The number of esters is 2. The van der Waals surface area contributed by atoms with Crippen LogP contribution >= 0.6 is 0 Å². The van der Waals surface area contributed by atoms with Crippen LogP contribution in [0.3, 0.4) is 0 Å². The number of quaternary nitrogens is 1. The molecule has 0 heterocycles. The smallest absolute Gasteiger partial charge is 0.361 e. The normalized spacial score (nSPS) is 13.6. The number of nitrogens with zero attached hydrogens (tertiary/aromatic N) is 1. The van der Waals surface area contributed by atoms with Crippen LogP contribution in [0.5, 0.6) is 0 Å². The Morgan fingerprint density at radius 1 is 0.411 bits per heavy atom. The van der Waals surface area contributed by atoms with E-state index in [0.29, 0.717) is 23.9 Å². The highest BCUT2D eigenvalue weighted by Gasteiger charge is 2.25. The Labute approximate surface area is 447 Å². The summed E-state index contributed by atoms with van der Waals surface area (Å²) in [7, 11) is 5.95. The van der Waals surface area contributed by atoms with Gasteiger partial charge in [0.2, 0.25) is 0 Å². The Morgan fingerprint density at radius 3 is 1.10 bits per heavy atom. The number of allylic oxidation sites excluding steroid dienone is 18. The first-order chi connectivity index (χ1) is 35.6. The molecule has 73 heavy (non-hydrogen) atoms. The zero-order chi connectivity index (χ0) is 53.4. The Morgan fingerprint density at radius 2 is 0.740 bits per heavy atom. The number of carbonyl (C=O) groups excluding carboxylic acids is 2. The lowest BCUT2D eigenvalue weighted by Gasteiger charge is -2.25. The number of carbonyl (C=O) groups is 3. The number of aliphatic carboxylic acids is 1.